The number of carbonyl (C=O) groups excluding carboxylic acids is 1. The Morgan fingerprint density at radius 2 is 1.91 bits per heavy atom. The lowest BCUT2D eigenvalue weighted by Crippen LogP contribution is -2.49. The molecule has 1 aliphatic heterocycles. The van der Waals surface area contributed by atoms with E-state index in [1.165, 1.54) is 11.8 Å². The monoisotopic (exact) mass is 518 g/mol. The Morgan fingerprint density at radius 1 is 1.18 bits per heavy atom. The molecule has 3 heterocycles. The molecule has 4 rings (SSSR count). The molecule has 1 aliphatic rings. The third-order valence-electron chi connectivity index (χ3n) is 5.74. The summed E-state index contributed by atoms with van der Waals surface area (Å²) >= 11 is 3.22. The standard InChI is InChI=1S/C23H30N6O2S3/c1-17-14-20(34(3)31)22(23(25-17)32-2)26-21(30)15-28-10-8-27(9-11-28)12-13-33-29-16-24-18-6-4-5-7-19(18)29/h4-7,14,16H,8-13,15H2,1-3H3,(H,26,30). The maximum Gasteiger partial charge on any atom is 0.238 e. The highest BCUT2D eigenvalue weighted by Gasteiger charge is 2.21. The number of benzene rings is 1. The molecule has 182 valence electrons. The smallest absolute Gasteiger partial charge is 0.238 e. The fraction of sp³-hybridized carbons (Fsp3) is 0.435. The number of para-hydroxylation sites is 2. The van der Waals surface area contributed by atoms with Crippen molar-refractivity contribution in [1.29, 1.82) is 0 Å². The highest BCUT2D eigenvalue weighted by Crippen LogP contribution is 2.30. The molecule has 1 amide bonds. The highest BCUT2D eigenvalue weighted by atomic mass is 32.2. The third-order valence-corrected chi connectivity index (χ3v) is 8.29. The third kappa shape index (κ3) is 6.19. The molecule has 3 aromatic rings. The molecule has 0 bridgehead atoms. The number of imidazole rings is 1. The van der Waals surface area contributed by atoms with Crippen molar-refractivity contribution in [3.8, 4) is 0 Å². The Labute approximate surface area is 211 Å². The Bertz CT molecular complexity index is 1180. The van der Waals surface area contributed by atoms with Crippen LogP contribution in [-0.2, 0) is 15.6 Å². The molecule has 34 heavy (non-hydrogen) atoms. The van der Waals surface area contributed by atoms with E-state index in [1.807, 2.05) is 37.7 Å². The van der Waals surface area contributed by atoms with Crippen molar-refractivity contribution >= 4 is 57.1 Å². The van der Waals surface area contributed by atoms with Gasteiger partial charge in [0.1, 0.15) is 11.4 Å². The van der Waals surface area contributed by atoms with E-state index in [9.17, 15) is 9.00 Å². The van der Waals surface area contributed by atoms with Gasteiger partial charge in [0.15, 0.2) is 0 Å². The second-order valence-corrected chi connectivity index (χ2v) is 11.4. The summed E-state index contributed by atoms with van der Waals surface area (Å²) in [4.78, 5) is 27.0. The number of rotatable bonds is 9. The lowest BCUT2D eigenvalue weighted by Gasteiger charge is -2.34. The molecule has 1 saturated heterocycles. The molecular formula is C23H30N6O2S3. The van der Waals surface area contributed by atoms with Crippen LogP contribution in [0.25, 0.3) is 11.0 Å². The van der Waals surface area contributed by atoms with Gasteiger partial charge in [-0.15, -0.1) is 11.8 Å². The fourth-order valence-corrected chi connectivity index (χ4v) is 6.35. The van der Waals surface area contributed by atoms with Crippen molar-refractivity contribution in [2.75, 3.05) is 62.8 Å². The van der Waals surface area contributed by atoms with Gasteiger partial charge >= 0.3 is 0 Å². The minimum Gasteiger partial charge on any atom is -0.322 e. The van der Waals surface area contributed by atoms with E-state index in [0.717, 1.165) is 55.2 Å². The van der Waals surface area contributed by atoms with Crippen molar-refractivity contribution in [3.05, 3.63) is 42.4 Å². The van der Waals surface area contributed by atoms with E-state index in [2.05, 4.69) is 35.1 Å². The number of hydrogen-bond acceptors (Lipinski definition) is 8. The van der Waals surface area contributed by atoms with Crippen LogP contribution in [0.3, 0.4) is 0 Å². The summed E-state index contributed by atoms with van der Waals surface area (Å²) in [5.74, 6) is 0.888. The molecule has 1 unspecified atom stereocenters. The quantitative estimate of drug-likeness (QED) is 0.433. The van der Waals surface area contributed by atoms with Gasteiger partial charge in [-0.2, -0.15) is 0 Å². The molecule has 8 nitrogen and oxygen atoms in total. The number of anilines is 1. The zero-order valence-electron chi connectivity index (χ0n) is 19.7. The maximum atomic E-state index is 12.8. The molecule has 0 spiro atoms. The van der Waals surface area contributed by atoms with Crippen molar-refractivity contribution in [1.82, 2.24) is 23.7 Å². The Balaban J connectivity index is 1.24. The zero-order valence-corrected chi connectivity index (χ0v) is 22.1. The van der Waals surface area contributed by atoms with Crippen LogP contribution in [0.15, 0.2) is 46.6 Å². The number of aryl methyl sites for hydroxylation is 1. The van der Waals surface area contributed by atoms with E-state index >= 15 is 0 Å². The number of pyridine rings is 1. The van der Waals surface area contributed by atoms with Crippen LogP contribution in [0.2, 0.25) is 0 Å². The summed E-state index contributed by atoms with van der Waals surface area (Å²) in [7, 11) is -1.21. The number of amides is 1. The molecule has 0 radical (unpaired) electrons. The van der Waals surface area contributed by atoms with Gasteiger partial charge in [0.25, 0.3) is 0 Å². The molecule has 2 aromatic heterocycles. The van der Waals surface area contributed by atoms with Crippen LogP contribution in [-0.4, -0.2) is 91.4 Å². The zero-order chi connectivity index (χ0) is 24.1. The summed E-state index contributed by atoms with van der Waals surface area (Å²) in [6, 6.07) is 9.95. The first-order valence-electron chi connectivity index (χ1n) is 11.1. The SMILES string of the molecule is CSc1nc(C)cc(S(C)=O)c1NC(=O)CN1CCN(CCSn2cnc3ccccc32)CC1. The first-order chi connectivity index (χ1) is 16.4. The number of hydrogen-bond donors (Lipinski definition) is 1. The van der Waals surface area contributed by atoms with Crippen LogP contribution in [0.5, 0.6) is 0 Å². The van der Waals surface area contributed by atoms with E-state index in [-0.39, 0.29) is 5.91 Å². The molecule has 1 N–H and O–H groups in total. The van der Waals surface area contributed by atoms with Gasteiger partial charge in [-0.25, -0.2) is 9.97 Å². The van der Waals surface area contributed by atoms with Crippen LogP contribution >= 0.6 is 23.7 Å². The fourth-order valence-electron chi connectivity index (χ4n) is 3.97. The summed E-state index contributed by atoms with van der Waals surface area (Å²) < 4.78 is 14.4. The highest BCUT2D eigenvalue weighted by molar-refractivity contribution is 7.98. The average molecular weight is 519 g/mol. The van der Waals surface area contributed by atoms with Crippen molar-refractivity contribution in [2.45, 2.75) is 16.8 Å². The van der Waals surface area contributed by atoms with E-state index < -0.39 is 10.8 Å². The van der Waals surface area contributed by atoms with E-state index in [4.69, 9.17) is 0 Å². The van der Waals surface area contributed by atoms with Gasteiger partial charge in [0, 0.05) is 50.4 Å². The number of thioether (sulfide) groups is 1. The minimum atomic E-state index is -1.21. The van der Waals surface area contributed by atoms with Crippen LogP contribution < -0.4 is 5.32 Å². The van der Waals surface area contributed by atoms with Crippen molar-refractivity contribution < 1.29 is 9.00 Å². The first-order valence-corrected chi connectivity index (χ1v) is 14.9. The van der Waals surface area contributed by atoms with Gasteiger partial charge < -0.3 is 5.32 Å². The van der Waals surface area contributed by atoms with Gasteiger partial charge in [0.05, 0.1) is 39.0 Å². The normalized spacial score (nSPS) is 16.1. The predicted octanol–water partition coefficient (Wildman–Crippen LogP) is 2.95. The lowest BCUT2D eigenvalue weighted by molar-refractivity contribution is -0.117. The molecule has 1 atom stereocenters. The lowest BCUT2D eigenvalue weighted by atomic mass is 10.3. The number of aromatic nitrogens is 3. The average Bonchev–Trinajstić information content (AvgIpc) is 3.24. The second kappa shape index (κ2) is 11.7. The summed E-state index contributed by atoms with van der Waals surface area (Å²) in [5, 5.41) is 3.68. The topological polar surface area (TPSA) is 83.4 Å². The second-order valence-electron chi connectivity index (χ2n) is 8.16. The first kappa shape index (κ1) is 25.2. The van der Waals surface area contributed by atoms with Crippen LogP contribution in [0, 0.1) is 6.92 Å². The predicted molar refractivity (Wildman–Crippen MR) is 142 cm³/mol. The van der Waals surface area contributed by atoms with E-state index in [1.54, 1.807) is 24.3 Å². The van der Waals surface area contributed by atoms with E-state index in [0.29, 0.717) is 22.2 Å². The van der Waals surface area contributed by atoms with Crippen LogP contribution in [0.4, 0.5) is 5.69 Å². The number of nitrogens with zero attached hydrogens (tertiary/aromatic N) is 5. The summed E-state index contributed by atoms with van der Waals surface area (Å²) in [6.45, 7) is 6.75. The molecule has 1 aromatic carbocycles. The van der Waals surface area contributed by atoms with Gasteiger partial charge in [0.2, 0.25) is 5.91 Å². The molecule has 11 heteroatoms. The molecular weight excluding hydrogens is 488 g/mol. The number of piperazine rings is 1. The number of nitrogens with one attached hydrogen (secondary N) is 1. The number of carbonyl (C=O) groups is 1. The van der Waals surface area contributed by atoms with Gasteiger partial charge in [-0.1, -0.05) is 12.1 Å². The summed E-state index contributed by atoms with van der Waals surface area (Å²) in [5.41, 5.74) is 3.53. The van der Waals surface area contributed by atoms with Crippen LogP contribution in [0.1, 0.15) is 5.69 Å². The minimum absolute atomic E-state index is 0.0938. The van der Waals surface area contributed by atoms with Crippen molar-refractivity contribution in [3.63, 3.8) is 0 Å². The maximum absolute atomic E-state index is 12.8. The Hall–Kier alpha value is -1.92. The Kier molecular flexibility index (Phi) is 8.65. The van der Waals surface area contributed by atoms with Crippen molar-refractivity contribution in [2.24, 2.45) is 0 Å². The van der Waals surface area contributed by atoms with Gasteiger partial charge in [-0.05, 0) is 43.3 Å². The molecule has 0 aliphatic carbocycles. The molecule has 1 fully saturated rings. The number of fused-ring (bicyclic) bond motifs is 1. The largest absolute Gasteiger partial charge is 0.322 e. The van der Waals surface area contributed by atoms with Gasteiger partial charge in [-0.3, -0.25) is 22.8 Å². The summed E-state index contributed by atoms with van der Waals surface area (Å²) in [6.07, 6.45) is 5.42. The Morgan fingerprint density at radius 3 is 2.65 bits per heavy atom. The molecule has 0 saturated carbocycles.